The van der Waals surface area contributed by atoms with Gasteiger partial charge in [-0.05, 0) is 53.1 Å². The summed E-state index contributed by atoms with van der Waals surface area (Å²) in [6.07, 6.45) is -4.69. The van der Waals surface area contributed by atoms with Crippen molar-refractivity contribution < 1.29 is 41.4 Å². The third-order valence-corrected chi connectivity index (χ3v) is 8.62. The van der Waals surface area contributed by atoms with Crippen molar-refractivity contribution >= 4 is 44.9 Å². The summed E-state index contributed by atoms with van der Waals surface area (Å²) in [6, 6.07) is 17.4. The molecule has 1 fully saturated rings. The van der Waals surface area contributed by atoms with Crippen LogP contribution in [0.3, 0.4) is 0 Å². The quantitative estimate of drug-likeness (QED) is 0.198. The molecular weight excluding hydrogens is 675 g/mol. The lowest BCUT2D eigenvalue weighted by Gasteiger charge is -2.29. The number of anilines is 2. The number of pyridine rings is 1. The zero-order valence-corrected chi connectivity index (χ0v) is 28.2. The van der Waals surface area contributed by atoms with Crippen LogP contribution in [0.1, 0.15) is 21.5 Å². The Hall–Kier alpha value is -5.50. The van der Waals surface area contributed by atoms with Gasteiger partial charge < -0.3 is 29.5 Å². The first-order chi connectivity index (χ1) is 24.1. The fourth-order valence-electron chi connectivity index (χ4n) is 6.06. The predicted molar refractivity (Wildman–Crippen MR) is 186 cm³/mol. The number of hydrogen-bond acceptors (Lipinski definition) is 6. The molecule has 1 aromatic heterocycles. The predicted octanol–water partition coefficient (Wildman–Crippen LogP) is 6.37. The number of amides is 1. The van der Waals surface area contributed by atoms with E-state index in [4.69, 9.17) is 9.84 Å². The number of carboxylic acids is 1. The van der Waals surface area contributed by atoms with Crippen LogP contribution in [0.4, 0.5) is 33.3 Å². The van der Waals surface area contributed by atoms with Gasteiger partial charge in [-0.3, -0.25) is 14.4 Å². The number of fused-ring (bicyclic) bond motifs is 2. The first-order valence-electron chi connectivity index (χ1n) is 15.8. The third kappa shape index (κ3) is 7.65. The van der Waals surface area contributed by atoms with Crippen molar-refractivity contribution in [2.24, 2.45) is 7.05 Å². The smallest absolute Gasteiger partial charge is 0.417 e. The van der Waals surface area contributed by atoms with E-state index in [1.54, 1.807) is 60.3 Å². The monoisotopic (exact) mass is 710 g/mol. The molecule has 0 radical (unpaired) electrons. The minimum Gasteiger partial charge on any atom is -0.480 e. The van der Waals surface area contributed by atoms with Crippen molar-refractivity contribution in [1.29, 1.82) is 0 Å². The lowest BCUT2D eigenvalue weighted by Crippen LogP contribution is -2.36. The second-order valence-corrected chi connectivity index (χ2v) is 12.1. The zero-order valence-electron chi connectivity index (χ0n) is 28.2. The highest BCUT2D eigenvalue weighted by Gasteiger charge is 2.38. The van der Waals surface area contributed by atoms with Gasteiger partial charge in [0.25, 0.3) is 11.5 Å². The Labute approximate surface area is 289 Å². The SMILES string of the molecule is Cc1cccc2c(-c3c(C(F)(F)F)c4ccc(N(C)C)cc4n(C)c3=O)cccc12.O=C(O)CNC(=O)c1c(F)cc(N2CCOCC2)cc1F. The number of aromatic nitrogens is 1. The van der Waals surface area contributed by atoms with Crippen LogP contribution in [-0.4, -0.2) is 68.5 Å². The van der Waals surface area contributed by atoms with E-state index in [2.05, 4.69) is 0 Å². The summed E-state index contributed by atoms with van der Waals surface area (Å²) in [4.78, 5) is 38.8. The molecule has 1 saturated heterocycles. The Bertz CT molecular complexity index is 2170. The topological polar surface area (TPSA) is 104 Å². The summed E-state index contributed by atoms with van der Waals surface area (Å²) in [5, 5.41) is 11.8. The maximum absolute atomic E-state index is 14.4. The maximum atomic E-state index is 14.4. The summed E-state index contributed by atoms with van der Waals surface area (Å²) >= 11 is 0. The van der Waals surface area contributed by atoms with Crippen molar-refractivity contribution in [3.63, 3.8) is 0 Å². The number of nitrogens with zero attached hydrogens (tertiary/aromatic N) is 3. The van der Waals surface area contributed by atoms with Crippen LogP contribution in [0.2, 0.25) is 0 Å². The molecule has 1 aliphatic rings. The second-order valence-electron chi connectivity index (χ2n) is 12.1. The number of benzene rings is 4. The van der Waals surface area contributed by atoms with Crippen molar-refractivity contribution in [3.8, 4) is 11.1 Å². The van der Waals surface area contributed by atoms with Crippen molar-refractivity contribution in [3.05, 3.63) is 105 Å². The van der Waals surface area contributed by atoms with Crippen molar-refractivity contribution in [2.45, 2.75) is 13.1 Å². The first kappa shape index (κ1) is 36.8. The van der Waals surface area contributed by atoms with Crippen molar-refractivity contribution in [1.82, 2.24) is 9.88 Å². The number of carbonyl (C=O) groups excluding carboxylic acids is 1. The molecular formula is C37H35F5N4O5. The van der Waals surface area contributed by atoms with Crippen LogP contribution in [0.15, 0.2) is 71.5 Å². The second kappa shape index (κ2) is 14.8. The summed E-state index contributed by atoms with van der Waals surface area (Å²) in [5.74, 6) is -4.45. The number of morpholine rings is 1. The number of hydrogen-bond donors (Lipinski definition) is 2. The average molecular weight is 711 g/mol. The number of ether oxygens (including phenoxy) is 1. The third-order valence-electron chi connectivity index (χ3n) is 8.62. The van der Waals surface area contributed by atoms with Gasteiger partial charge in [-0.2, -0.15) is 13.2 Å². The highest BCUT2D eigenvalue weighted by molar-refractivity contribution is 6.02. The van der Waals surface area contributed by atoms with Crippen LogP contribution in [0.5, 0.6) is 0 Å². The number of aliphatic carboxylic acids is 1. The average Bonchev–Trinajstić information content (AvgIpc) is 3.08. The molecule has 1 aliphatic heterocycles. The molecule has 9 nitrogen and oxygen atoms in total. The van der Waals surface area contributed by atoms with E-state index < -0.39 is 52.9 Å². The molecule has 0 saturated carbocycles. The highest BCUT2D eigenvalue weighted by Crippen LogP contribution is 2.42. The largest absolute Gasteiger partial charge is 0.480 e. The van der Waals surface area contributed by atoms with Gasteiger partial charge in [-0.1, -0.05) is 42.5 Å². The van der Waals surface area contributed by atoms with Gasteiger partial charge in [0.1, 0.15) is 23.7 Å². The standard InChI is InChI=1S/C24H21F3N2O.C13H14F2N2O4/c1-14-7-5-9-17-16(14)8-6-10-18(17)21-22(24(25,26)27)19-12-11-15(28(2)3)13-20(19)29(4)23(21)30;14-9-5-8(17-1-3-21-4-2-17)6-10(15)12(9)13(20)16-7-11(18)19/h5-13H,1-4H3;5-6H,1-4,7H2,(H,16,20)(H,18,19). The Morgan fingerprint density at radius 2 is 1.55 bits per heavy atom. The van der Waals surface area contributed by atoms with Gasteiger partial charge in [0.15, 0.2) is 0 Å². The van der Waals surface area contributed by atoms with E-state index in [1.165, 1.54) is 17.7 Å². The van der Waals surface area contributed by atoms with Crippen LogP contribution in [0.25, 0.3) is 32.8 Å². The Balaban J connectivity index is 0.000000211. The van der Waals surface area contributed by atoms with E-state index >= 15 is 0 Å². The van der Waals surface area contributed by atoms with E-state index in [1.807, 2.05) is 24.4 Å². The molecule has 6 rings (SSSR count). The summed E-state index contributed by atoms with van der Waals surface area (Å²) in [7, 11) is 5.12. The van der Waals surface area contributed by atoms with E-state index in [0.29, 0.717) is 42.9 Å². The Kier molecular flexibility index (Phi) is 10.7. The molecule has 14 heteroatoms. The number of aryl methyl sites for hydroxylation is 2. The number of rotatable bonds is 6. The van der Waals surface area contributed by atoms with Crippen LogP contribution in [-0.2, 0) is 22.8 Å². The molecule has 0 aliphatic carbocycles. The fraction of sp³-hybridized carbons (Fsp3) is 0.270. The molecule has 1 amide bonds. The summed E-state index contributed by atoms with van der Waals surface area (Å²) in [6.45, 7) is 3.13. The number of carbonyl (C=O) groups is 2. The molecule has 0 spiro atoms. The molecule has 0 unspecified atom stereocenters. The number of halogens is 5. The Morgan fingerprint density at radius 1 is 0.922 bits per heavy atom. The lowest BCUT2D eigenvalue weighted by molar-refractivity contribution is -0.136. The van der Waals surface area contributed by atoms with Crippen molar-refractivity contribution in [2.75, 3.05) is 56.7 Å². The first-order valence-corrected chi connectivity index (χ1v) is 15.8. The molecule has 0 bridgehead atoms. The molecule has 5 aromatic rings. The number of nitrogens with one attached hydrogen (secondary N) is 1. The van der Waals surface area contributed by atoms with Crippen LogP contribution >= 0.6 is 0 Å². The van der Waals surface area contributed by atoms with Gasteiger partial charge in [0.05, 0.1) is 29.9 Å². The zero-order chi connectivity index (χ0) is 37.2. The van der Waals surface area contributed by atoms with Gasteiger partial charge >= 0.3 is 12.1 Å². The number of carboxylic acid groups (broad SMARTS) is 1. The maximum Gasteiger partial charge on any atom is 0.417 e. The lowest BCUT2D eigenvalue weighted by atomic mass is 9.91. The van der Waals surface area contributed by atoms with Gasteiger partial charge in [0.2, 0.25) is 0 Å². The van der Waals surface area contributed by atoms with E-state index in [0.717, 1.165) is 28.8 Å². The van der Waals surface area contributed by atoms with Gasteiger partial charge in [-0.15, -0.1) is 0 Å². The Morgan fingerprint density at radius 3 is 2.16 bits per heavy atom. The molecule has 4 aromatic carbocycles. The summed E-state index contributed by atoms with van der Waals surface area (Å²) in [5.41, 5.74) is -0.126. The molecule has 2 N–H and O–H groups in total. The summed E-state index contributed by atoms with van der Waals surface area (Å²) < 4.78 is 77.4. The number of alkyl halides is 3. The minimum absolute atomic E-state index is 0.00913. The van der Waals surface area contributed by atoms with E-state index in [-0.39, 0.29) is 16.5 Å². The normalized spacial score (nSPS) is 13.2. The van der Waals surface area contributed by atoms with Crippen LogP contribution in [0, 0.1) is 18.6 Å². The van der Waals surface area contributed by atoms with Gasteiger partial charge in [0, 0.05) is 51.0 Å². The molecule has 2 heterocycles. The van der Waals surface area contributed by atoms with Crippen LogP contribution < -0.4 is 20.7 Å². The highest BCUT2D eigenvalue weighted by atomic mass is 19.4. The van der Waals surface area contributed by atoms with Gasteiger partial charge in [-0.25, -0.2) is 8.78 Å². The molecule has 268 valence electrons. The molecule has 0 atom stereocenters. The minimum atomic E-state index is -4.69. The molecule has 51 heavy (non-hydrogen) atoms. The fourth-order valence-corrected chi connectivity index (χ4v) is 6.06. The van der Waals surface area contributed by atoms with E-state index in [9.17, 15) is 36.3 Å².